The highest BCUT2D eigenvalue weighted by Gasteiger charge is 2.16. The molecule has 1 amide bonds. The van der Waals surface area contributed by atoms with Gasteiger partial charge >= 0.3 is 0 Å². The van der Waals surface area contributed by atoms with Crippen molar-refractivity contribution in [3.63, 3.8) is 0 Å². The summed E-state index contributed by atoms with van der Waals surface area (Å²) < 4.78 is 0. The van der Waals surface area contributed by atoms with Crippen molar-refractivity contribution in [1.29, 1.82) is 0 Å². The van der Waals surface area contributed by atoms with Gasteiger partial charge in [-0.25, -0.2) is 0 Å². The van der Waals surface area contributed by atoms with E-state index in [9.17, 15) is 4.79 Å². The maximum atomic E-state index is 11.5. The van der Waals surface area contributed by atoms with E-state index in [2.05, 4.69) is 13.8 Å². The van der Waals surface area contributed by atoms with Gasteiger partial charge in [-0.05, 0) is 12.3 Å². The number of amides is 1. The van der Waals surface area contributed by atoms with Crippen molar-refractivity contribution in [2.45, 2.75) is 39.7 Å². The lowest BCUT2D eigenvalue weighted by molar-refractivity contribution is -0.131. The van der Waals surface area contributed by atoms with Gasteiger partial charge in [0.1, 0.15) is 0 Å². The first kappa shape index (κ1) is 12.4. The Bertz CT molecular complexity index is 159. The summed E-state index contributed by atoms with van der Waals surface area (Å²) in [6, 6.07) is -0.325. The molecule has 0 heterocycles. The third kappa shape index (κ3) is 4.27. The minimum Gasteiger partial charge on any atom is -0.344 e. The fraction of sp³-hybridized carbons (Fsp3) is 0.900. The molecule has 0 rings (SSSR count). The molecule has 0 aliphatic rings. The largest absolute Gasteiger partial charge is 0.344 e. The minimum atomic E-state index is -0.325. The van der Waals surface area contributed by atoms with Crippen molar-refractivity contribution in [1.82, 2.24) is 4.90 Å². The standard InChI is InChI=1S/C10H22N2O/c1-5-8(3)7-12(4)10(13)9(11)6-2/h8-9H,5-7,11H2,1-4H3/t8?,9-/m1/s1. The predicted octanol–water partition coefficient (Wildman–Crippen LogP) is 1.23. The zero-order chi connectivity index (χ0) is 10.4. The van der Waals surface area contributed by atoms with Gasteiger partial charge in [-0.2, -0.15) is 0 Å². The Labute approximate surface area is 81.3 Å². The summed E-state index contributed by atoms with van der Waals surface area (Å²) in [4.78, 5) is 13.3. The van der Waals surface area contributed by atoms with Crippen molar-refractivity contribution in [3.05, 3.63) is 0 Å². The lowest BCUT2D eigenvalue weighted by Crippen LogP contribution is -2.42. The number of rotatable bonds is 5. The number of hydrogen-bond acceptors (Lipinski definition) is 2. The van der Waals surface area contributed by atoms with Crippen LogP contribution in [-0.4, -0.2) is 30.4 Å². The molecular weight excluding hydrogens is 164 g/mol. The highest BCUT2D eigenvalue weighted by atomic mass is 16.2. The van der Waals surface area contributed by atoms with Gasteiger partial charge in [0.2, 0.25) is 5.91 Å². The van der Waals surface area contributed by atoms with E-state index >= 15 is 0 Å². The number of carbonyl (C=O) groups excluding carboxylic acids is 1. The van der Waals surface area contributed by atoms with E-state index < -0.39 is 0 Å². The fourth-order valence-corrected chi connectivity index (χ4v) is 1.14. The summed E-state index contributed by atoms with van der Waals surface area (Å²) in [5.74, 6) is 0.612. The Morgan fingerprint density at radius 3 is 2.31 bits per heavy atom. The van der Waals surface area contributed by atoms with Crippen LogP contribution in [0.4, 0.5) is 0 Å². The van der Waals surface area contributed by atoms with Crippen molar-refractivity contribution >= 4 is 5.91 Å². The Kier molecular flexibility index (Phi) is 5.71. The maximum Gasteiger partial charge on any atom is 0.239 e. The van der Waals surface area contributed by atoms with Crippen LogP contribution < -0.4 is 5.73 Å². The SMILES string of the molecule is CCC(C)CN(C)C(=O)[C@H](N)CC. The summed E-state index contributed by atoms with van der Waals surface area (Å²) in [6.07, 6.45) is 1.81. The summed E-state index contributed by atoms with van der Waals surface area (Å²) >= 11 is 0. The fourth-order valence-electron chi connectivity index (χ4n) is 1.14. The molecule has 0 fully saturated rings. The van der Waals surface area contributed by atoms with Gasteiger partial charge in [0.05, 0.1) is 6.04 Å². The molecule has 2 N–H and O–H groups in total. The van der Waals surface area contributed by atoms with Gasteiger partial charge in [0, 0.05) is 13.6 Å². The number of hydrogen-bond donors (Lipinski definition) is 1. The molecule has 0 aromatic carbocycles. The highest BCUT2D eigenvalue weighted by Crippen LogP contribution is 2.04. The molecular formula is C10H22N2O. The van der Waals surface area contributed by atoms with Gasteiger partial charge in [0.25, 0.3) is 0 Å². The van der Waals surface area contributed by atoms with Crippen molar-refractivity contribution in [3.8, 4) is 0 Å². The van der Waals surface area contributed by atoms with Crippen LogP contribution in [0.1, 0.15) is 33.6 Å². The van der Waals surface area contributed by atoms with Crippen LogP contribution in [0, 0.1) is 5.92 Å². The topological polar surface area (TPSA) is 46.3 Å². The van der Waals surface area contributed by atoms with Crippen molar-refractivity contribution in [2.24, 2.45) is 11.7 Å². The highest BCUT2D eigenvalue weighted by molar-refractivity contribution is 5.81. The second kappa shape index (κ2) is 5.97. The van der Waals surface area contributed by atoms with E-state index in [-0.39, 0.29) is 11.9 Å². The molecule has 0 spiro atoms. The van der Waals surface area contributed by atoms with E-state index in [4.69, 9.17) is 5.73 Å². The number of nitrogens with two attached hydrogens (primary N) is 1. The van der Waals surface area contributed by atoms with E-state index in [1.165, 1.54) is 0 Å². The zero-order valence-electron chi connectivity index (χ0n) is 9.21. The molecule has 0 radical (unpaired) electrons. The normalized spacial score (nSPS) is 15.2. The molecule has 3 nitrogen and oxygen atoms in total. The number of nitrogens with zero attached hydrogens (tertiary/aromatic N) is 1. The molecule has 0 aliphatic carbocycles. The van der Waals surface area contributed by atoms with Gasteiger partial charge in [0.15, 0.2) is 0 Å². The van der Waals surface area contributed by atoms with Crippen LogP contribution in [0.3, 0.4) is 0 Å². The zero-order valence-corrected chi connectivity index (χ0v) is 9.21. The molecule has 0 bridgehead atoms. The number of carbonyl (C=O) groups is 1. The predicted molar refractivity (Wildman–Crippen MR) is 55.4 cm³/mol. The number of likely N-dealkylation sites (N-methyl/N-ethyl adjacent to an activating group) is 1. The van der Waals surface area contributed by atoms with Crippen molar-refractivity contribution in [2.75, 3.05) is 13.6 Å². The molecule has 0 saturated carbocycles. The first-order chi connectivity index (χ1) is 6.02. The van der Waals surface area contributed by atoms with Crippen LogP contribution in [0.2, 0.25) is 0 Å². The lowest BCUT2D eigenvalue weighted by Gasteiger charge is -2.23. The van der Waals surface area contributed by atoms with Crippen LogP contribution in [0.25, 0.3) is 0 Å². The summed E-state index contributed by atoms with van der Waals surface area (Å²) in [5, 5.41) is 0. The second-order valence-corrected chi connectivity index (χ2v) is 3.75. The molecule has 0 aliphatic heterocycles. The molecule has 0 aromatic heterocycles. The lowest BCUT2D eigenvalue weighted by atomic mass is 10.1. The van der Waals surface area contributed by atoms with E-state index in [0.29, 0.717) is 12.3 Å². The third-order valence-electron chi connectivity index (χ3n) is 2.42. The van der Waals surface area contributed by atoms with Gasteiger partial charge in [-0.3, -0.25) is 4.79 Å². The van der Waals surface area contributed by atoms with E-state index in [0.717, 1.165) is 13.0 Å². The summed E-state index contributed by atoms with van der Waals surface area (Å²) in [6.45, 7) is 7.01. The molecule has 1 unspecified atom stereocenters. The Morgan fingerprint density at radius 2 is 1.92 bits per heavy atom. The van der Waals surface area contributed by atoms with E-state index in [1.807, 2.05) is 14.0 Å². The first-order valence-electron chi connectivity index (χ1n) is 5.03. The van der Waals surface area contributed by atoms with Crippen molar-refractivity contribution < 1.29 is 4.79 Å². The van der Waals surface area contributed by atoms with Crippen LogP contribution >= 0.6 is 0 Å². The van der Waals surface area contributed by atoms with Crippen LogP contribution in [0.15, 0.2) is 0 Å². The third-order valence-corrected chi connectivity index (χ3v) is 2.42. The van der Waals surface area contributed by atoms with Gasteiger partial charge in [-0.15, -0.1) is 0 Å². The molecule has 2 atom stereocenters. The monoisotopic (exact) mass is 186 g/mol. The smallest absolute Gasteiger partial charge is 0.239 e. The van der Waals surface area contributed by atoms with E-state index in [1.54, 1.807) is 4.90 Å². The molecule has 78 valence electrons. The first-order valence-corrected chi connectivity index (χ1v) is 5.03. The van der Waals surface area contributed by atoms with Crippen LogP contribution in [0.5, 0.6) is 0 Å². The minimum absolute atomic E-state index is 0.0581. The molecule has 0 aromatic rings. The molecule has 0 saturated heterocycles. The van der Waals surface area contributed by atoms with Gasteiger partial charge in [-0.1, -0.05) is 27.2 Å². The average molecular weight is 186 g/mol. The van der Waals surface area contributed by atoms with Crippen LogP contribution in [-0.2, 0) is 4.79 Å². The quantitative estimate of drug-likeness (QED) is 0.702. The second-order valence-electron chi connectivity index (χ2n) is 3.75. The molecule has 13 heavy (non-hydrogen) atoms. The summed E-state index contributed by atoms with van der Waals surface area (Å²) in [7, 11) is 1.82. The summed E-state index contributed by atoms with van der Waals surface area (Å²) in [5.41, 5.74) is 5.64. The van der Waals surface area contributed by atoms with Gasteiger partial charge < -0.3 is 10.6 Å². The average Bonchev–Trinajstić information content (AvgIpc) is 2.14. The maximum absolute atomic E-state index is 11.5. The Morgan fingerprint density at radius 1 is 1.38 bits per heavy atom. The Hall–Kier alpha value is -0.570. The Balaban J connectivity index is 3.95. The molecule has 3 heteroatoms.